The fourth-order valence-corrected chi connectivity index (χ4v) is 4.70. The third kappa shape index (κ3) is 5.95. The molecular weight excluding hydrogens is 550 g/mol. The number of halogens is 4. The van der Waals surface area contributed by atoms with Crippen LogP contribution in [0.4, 0.5) is 4.39 Å². The third-order valence-corrected chi connectivity index (χ3v) is 6.73. The molecule has 10 heteroatoms. The third-order valence-electron chi connectivity index (χ3n) is 4.65. The maximum Gasteiger partial charge on any atom is 0.253 e. The molecule has 0 aliphatic heterocycles. The van der Waals surface area contributed by atoms with Crippen molar-refractivity contribution in [3.05, 3.63) is 104 Å². The number of benzene rings is 3. The van der Waals surface area contributed by atoms with Crippen LogP contribution in [0.1, 0.15) is 21.7 Å². The Labute approximate surface area is 212 Å². The van der Waals surface area contributed by atoms with E-state index < -0.39 is 0 Å². The van der Waals surface area contributed by atoms with Crippen LogP contribution in [0.5, 0.6) is 0 Å². The molecule has 0 atom stereocenters. The summed E-state index contributed by atoms with van der Waals surface area (Å²) < 4.78 is 16.3. The minimum absolute atomic E-state index is 0.0982. The first-order valence-electron chi connectivity index (χ1n) is 9.71. The topological polar surface area (TPSA) is 59.8 Å². The fraction of sp³-hybridized carbons (Fsp3) is 0.0870. The van der Waals surface area contributed by atoms with Crippen molar-refractivity contribution in [2.24, 2.45) is 0 Å². The maximum atomic E-state index is 13.5. The van der Waals surface area contributed by atoms with E-state index >= 15 is 0 Å². The van der Waals surface area contributed by atoms with Gasteiger partial charge in [0.15, 0.2) is 11.0 Å². The lowest BCUT2D eigenvalue weighted by molar-refractivity contribution is 0.0950. The van der Waals surface area contributed by atoms with Gasteiger partial charge in [0.1, 0.15) is 5.82 Å². The molecule has 0 saturated carbocycles. The quantitative estimate of drug-likeness (QED) is 0.253. The zero-order valence-electron chi connectivity index (χ0n) is 16.9. The van der Waals surface area contributed by atoms with Gasteiger partial charge in [-0.2, -0.15) is 0 Å². The number of amides is 1. The predicted octanol–water partition coefficient (Wildman–Crippen LogP) is 6.70. The molecule has 0 radical (unpaired) electrons. The van der Waals surface area contributed by atoms with Gasteiger partial charge in [-0.15, -0.1) is 10.2 Å². The molecule has 0 bridgehead atoms. The van der Waals surface area contributed by atoms with Crippen molar-refractivity contribution in [3.8, 4) is 5.69 Å². The van der Waals surface area contributed by atoms with Crippen molar-refractivity contribution in [2.45, 2.75) is 17.5 Å². The lowest BCUT2D eigenvalue weighted by Gasteiger charge is -2.11. The Morgan fingerprint density at radius 2 is 1.76 bits per heavy atom. The second kappa shape index (κ2) is 10.7. The van der Waals surface area contributed by atoms with Gasteiger partial charge in [-0.3, -0.25) is 9.36 Å². The second-order valence-electron chi connectivity index (χ2n) is 6.93. The van der Waals surface area contributed by atoms with Crippen LogP contribution in [0.15, 0.2) is 76.4 Å². The molecule has 4 aromatic rings. The molecular formula is C23H16BrCl2FN4OS. The normalized spacial score (nSPS) is 10.9. The molecule has 1 heterocycles. The number of carbonyl (C=O) groups excluding carboxylic acids is 1. The summed E-state index contributed by atoms with van der Waals surface area (Å²) in [6, 6.07) is 18.7. The highest BCUT2D eigenvalue weighted by atomic mass is 79.9. The summed E-state index contributed by atoms with van der Waals surface area (Å²) in [5.41, 5.74) is 2.11. The Morgan fingerprint density at radius 3 is 2.45 bits per heavy atom. The van der Waals surface area contributed by atoms with E-state index in [0.717, 1.165) is 10.0 Å². The highest BCUT2D eigenvalue weighted by molar-refractivity contribution is 9.10. The number of thioether (sulfide) groups is 1. The van der Waals surface area contributed by atoms with Crippen LogP contribution in [0.2, 0.25) is 10.0 Å². The summed E-state index contributed by atoms with van der Waals surface area (Å²) in [5, 5.41) is 12.7. The van der Waals surface area contributed by atoms with E-state index in [1.54, 1.807) is 28.8 Å². The summed E-state index contributed by atoms with van der Waals surface area (Å²) in [4.78, 5) is 12.6. The zero-order valence-corrected chi connectivity index (χ0v) is 20.8. The first kappa shape index (κ1) is 23.8. The monoisotopic (exact) mass is 564 g/mol. The van der Waals surface area contributed by atoms with Crippen molar-refractivity contribution in [1.82, 2.24) is 20.1 Å². The molecule has 1 amide bonds. The Kier molecular flexibility index (Phi) is 7.70. The van der Waals surface area contributed by atoms with Crippen molar-refractivity contribution in [3.63, 3.8) is 0 Å². The van der Waals surface area contributed by atoms with Crippen molar-refractivity contribution in [1.29, 1.82) is 0 Å². The Hall–Kier alpha value is -2.39. The second-order valence-corrected chi connectivity index (χ2v) is 9.63. The molecule has 0 unspecified atom stereocenters. The van der Waals surface area contributed by atoms with Crippen LogP contribution in [-0.4, -0.2) is 20.7 Å². The van der Waals surface area contributed by atoms with Crippen LogP contribution in [0.3, 0.4) is 0 Å². The Balaban J connectivity index is 1.57. The Morgan fingerprint density at radius 1 is 1.03 bits per heavy atom. The largest absolute Gasteiger partial charge is 0.345 e. The molecule has 4 rings (SSSR count). The van der Waals surface area contributed by atoms with E-state index in [0.29, 0.717) is 33.0 Å². The average Bonchev–Trinajstić information content (AvgIpc) is 3.20. The smallest absolute Gasteiger partial charge is 0.253 e. The number of aromatic nitrogens is 3. The lowest BCUT2D eigenvalue weighted by Crippen LogP contribution is -2.25. The zero-order chi connectivity index (χ0) is 23.4. The molecule has 1 N–H and O–H groups in total. The van der Waals surface area contributed by atoms with Crippen LogP contribution < -0.4 is 5.32 Å². The number of carbonyl (C=O) groups is 1. The van der Waals surface area contributed by atoms with Crippen LogP contribution in [0.25, 0.3) is 5.69 Å². The van der Waals surface area contributed by atoms with E-state index in [9.17, 15) is 9.18 Å². The highest BCUT2D eigenvalue weighted by Gasteiger charge is 2.17. The van der Waals surface area contributed by atoms with Gasteiger partial charge in [-0.1, -0.05) is 63.0 Å². The van der Waals surface area contributed by atoms with Crippen molar-refractivity contribution in [2.75, 3.05) is 0 Å². The summed E-state index contributed by atoms with van der Waals surface area (Å²) in [5.74, 6) is 0.454. The van der Waals surface area contributed by atoms with Gasteiger partial charge in [0.05, 0.1) is 17.1 Å². The van der Waals surface area contributed by atoms with Gasteiger partial charge < -0.3 is 5.32 Å². The van der Waals surface area contributed by atoms with Crippen molar-refractivity contribution < 1.29 is 9.18 Å². The van der Waals surface area contributed by atoms with Gasteiger partial charge in [0.2, 0.25) is 0 Å². The summed E-state index contributed by atoms with van der Waals surface area (Å²) in [7, 11) is 0. The molecule has 1 aromatic heterocycles. The van der Waals surface area contributed by atoms with Crippen LogP contribution >= 0.6 is 50.9 Å². The van der Waals surface area contributed by atoms with Crippen LogP contribution in [0, 0.1) is 5.82 Å². The summed E-state index contributed by atoms with van der Waals surface area (Å²) in [6.45, 7) is 0.0982. The molecule has 168 valence electrons. The molecule has 5 nitrogen and oxygen atoms in total. The van der Waals surface area contributed by atoms with E-state index in [1.165, 1.54) is 30.0 Å². The molecule has 0 spiro atoms. The molecule has 0 aliphatic carbocycles. The van der Waals surface area contributed by atoms with E-state index in [4.69, 9.17) is 23.2 Å². The first-order chi connectivity index (χ1) is 15.9. The number of nitrogens with zero attached hydrogens (tertiary/aromatic N) is 3. The molecule has 0 fully saturated rings. The molecule has 0 saturated heterocycles. The lowest BCUT2D eigenvalue weighted by atomic mass is 10.2. The minimum atomic E-state index is -0.366. The van der Waals surface area contributed by atoms with Gasteiger partial charge in [0.25, 0.3) is 5.91 Å². The van der Waals surface area contributed by atoms with E-state index in [2.05, 4.69) is 31.4 Å². The fourth-order valence-electron chi connectivity index (χ4n) is 3.01. The number of hydrogen-bond acceptors (Lipinski definition) is 4. The predicted molar refractivity (Wildman–Crippen MR) is 133 cm³/mol. The Bertz CT molecular complexity index is 1280. The summed E-state index contributed by atoms with van der Waals surface area (Å²) in [6.07, 6.45) is 0. The molecule has 3 aromatic carbocycles. The van der Waals surface area contributed by atoms with Gasteiger partial charge in [-0.05, 0) is 60.2 Å². The van der Waals surface area contributed by atoms with E-state index in [-0.39, 0.29) is 23.3 Å². The molecule has 33 heavy (non-hydrogen) atoms. The molecule has 0 aliphatic rings. The standard InChI is InChI=1S/C23H16BrCl2FN4OS/c24-15-3-1-14(2-4-15)13-33-23-30-29-21(31(23)18-8-6-17(27)7-9-18)12-28-22(32)19-10-5-16(25)11-20(19)26/h1-11H,12-13H2,(H,28,32). The number of hydrogen-bond donors (Lipinski definition) is 1. The number of rotatable bonds is 7. The van der Waals surface area contributed by atoms with Crippen LogP contribution in [-0.2, 0) is 12.3 Å². The number of nitrogens with one attached hydrogen (secondary N) is 1. The van der Waals surface area contributed by atoms with Gasteiger partial charge >= 0.3 is 0 Å². The summed E-state index contributed by atoms with van der Waals surface area (Å²) >= 11 is 17.0. The maximum absolute atomic E-state index is 13.5. The minimum Gasteiger partial charge on any atom is -0.345 e. The van der Waals surface area contributed by atoms with Gasteiger partial charge in [0, 0.05) is 20.9 Å². The first-order valence-corrected chi connectivity index (χ1v) is 12.2. The average molecular weight is 566 g/mol. The SMILES string of the molecule is O=C(NCc1nnc(SCc2ccc(Br)cc2)n1-c1ccc(F)cc1)c1ccc(Cl)cc1Cl. The van der Waals surface area contributed by atoms with Gasteiger partial charge in [-0.25, -0.2) is 4.39 Å². The van der Waals surface area contributed by atoms with E-state index in [1.807, 2.05) is 24.3 Å². The van der Waals surface area contributed by atoms with Crippen molar-refractivity contribution >= 4 is 56.8 Å². The highest BCUT2D eigenvalue weighted by Crippen LogP contribution is 2.26.